The number of carboxylic acids is 1. The molecule has 1 aromatic rings. The molecule has 1 saturated heterocycles. The van der Waals surface area contributed by atoms with Crippen LogP contribution in [-0.4, -0.2) is 43.3 Å². The van der Waals surface area contributed by atoms with Crippen LogP contribution >= 0.6 is 0 Å². The van der Waals surface area contributed by atoms with Crippen LogP contribution < -0.4 is 9.47 Å². The Morgan fingerprint density at radius 2 is 2.00 bits per heavy atom. The van der Waals surface area contributed by atoms with Gasteiger partial charge in [-0.1, -0.05) is 6.07 Å². The Hall–Kier alpha value is -2.08. The van der Waals surface area contributed by atoms with Crippen molar-refractivity contribution in [2.75, 3.05) is 20.3 Å². The summed E-state index contributed by atoms with van der Waals surface area (Å²) in [7, 11) is 1.45. The molecule has 0 spiro atoms. The second kappa shape index (κ2) is 6.38. The Labute approximate surface area is 116 Å². The fourth-order valence-corrected chi connectivity index (χ4v) is 2.05. The highest BCUT2D eigenvalue weighted by atomic mass is 16.5. The minimum Gasteiger partial charge on any atom is -0.493 e. The van der Waals surface area contributed by atoms with Crippen molar-refractivity contribution in [2.24, 2.45) is 0 Å². The zero-order valence-electron chi connectivity index (χ0n) is 11.1. The van der Waals surface area contributed by atoms with E-state index in [0.717, 1.165) is 0 Å². The minimum atomic E-state index is -1.52. The van der Waals surface area contributed by atoms with Crippen molar-refractivity contribution in [1.29, 1.82) is 0 Å². The molecule has 1 heterocycles. The van der Waals surface area contributed by atoms with E-state index >= 15 is 0 Å². The highest BCUT2D eigenvalue weighted by Crippen LogP contribution is 2.33. The van der Waals surface area contributed by atoms with Crippen LogP contribution in [0.25, 0.3) is 0 Å². The van der Waals surface area contributed by atoms with Crippen molar-refractivity contribution in [3.05, 3.63) is 23.8 Å². The van der Waals surface area contributed by atoms with Gasteiger partial charge in [0, 0.05) is 12.8 Å². The number of para-hydroxylation sites is 1. The Morgan fingerprint density at radius 3 is 2.60 bits per heavy atom. The molecule has 0 bridgehead atoms. The van der Waals surface area contributed by atoms with E-state index in [2.05, 4.69) is 0 Å². The number of carbonyl (C=O) groups is 2. The number of rotatable bonds is 5. The molecule has 1 aromatic carbocycles. The smallest absolute Gasteiger partial charge is 0.377 e. The second-order valence-corrected chi connectivity index (χ2v) is 4.40. The summed E-state index contributed by atoms with van der Waals surface area (Å²) in [4.78, 5) is 22.6. The minimum absolute atomic E-state index is 0.00309. The lowest BCUT2D eigenvalue weighted by Crippen LogP contribution is -2.27. The van der Waals surface area contributed by atoms with Crippen molar-refractivity contribution in [1.82, 2.24) is 0 Å². The van der Waals surface area contributed by atoms with Crippen LogP contribution in [0.3, 0.4) is 0 Å². The van der Waals surface area contributed by atoms with E-state index in [0.29, 0.717) is 31.8 Å². The lowest BCUT2D eigenvalue weighted by atomic mass is 10.1. The average molecular weight is 280 g/mol. The number of carbonyl (C=O) groups excluding carboxylic acids is 1. The zero-order chi connectivity index (χ0) is 14.5. The van der Waals surface area contributed by atoms with Crippen LogP contribution in [0.1, 0.15) is 23.2 Å². The number of methoxy groups -OCH3 is 1. The Bertz CT molecular complexity index is 504. The molecule has 0 aliphatic carbocycles. The number of Topliss-reactive ketones (excluding diaryl/α,β-unsaturated/α-hetero) is 1. The average Bonchev–Trinajstić information content (AvgIpc) is 2.47. The molecule has 0 atom stereocenters. The fourth-order valence-electron chi connectivity index (χ4n) is 2.05. The monoisotopic (exact) mass is 280 g/mol. The van der Waals surface area contributed by atoms with Crippen LogP contribution in [0.5, 0.6) is 11.5 Å². The number of carboxylic acid groups (broad SMARTS) is 1. The number of ether oxygens (including phenoxy) is 3. The molecule has 1 N–H and O–H groups in total. The molecule has 0 amide bonds. The molecule has 108 valence electrons. The molecule has 1 aliphatic heterocycles. The molecule has 1 aliphatic rings. The molecule has 6 nitrogen and oxygen atoms in total. The van der Waals surface area contributed by atoms with Gasteiger partial charge in [-0.15, -0.1) is 0 Å². The maximum atomic E-state index is 11.7. The van der Waals surface area contributed by atoms with Gasteiger partial charge in [0.15, 0.2) is 11.5 Å². The van der Waals surface area contributed by atoms with E-state index < -0.39 is 11.8 Å². The van der Waals surface area contributed by atoms with E-state index in [1.54, 1.807) is 12.1 Å². The van der Waals surface area contributed by atoms with Crippen LogP contribution in [0.2, 0.25) is 0 Å². The van der Waals surface area contributed by atoms with Crippen molar-refractivity contribution >= 4 is 11.8 Å². The van der Waals surface area contributed by atoms with Crippen molar-refractivity contribution in [3.63, 3.8) is 0 Å². The first-order valence-corrected chi connectivity index (χ1v) is 6.32. The highest BCUT2D eigenvalue weighted by Gasteiger charge is 2.25. The van der Waals surface area contributed by atoms with E-state index in [9.17, 15) is 9.59 Å². The predicted octanol–water partition coefficient (Wildman–Crippen LogP) is 1.52. The van der Waals surface area contributed by atoms with Gasteiger partial charge in [-0.05, 0) is 12.1 Å². The summed E-state index contributed by atoms with van der Waals surface area (Å²) < 4.78 is 16.2. The van der Waals surface area contributed by atoms with Gasteiger partial charge in [-0.25, -0.2) is 4.79 Å². The molecular formula is C14H16O6. The van der Waals surface area contributed by atoms with E-state index in [4.69, 9.17) is 19.3 Å². The number of hydrogen-bond donors (Lipinski definition) is 1. The quantitative estimate of drug-likeness (QED) is 0.650. The van der Waals surface area contributed by atoms with Crippen LogP contribution in [0.15, 0.2) is 18.2 Å². The summed E-state index contributed by atoms with van der Waals surface area (Å²) in [6.07, 6.45) is 1.28. The first-order chi connectivity index (χ1) is 9.63. The third-order valence-corrected chi connectivity index (χ3v) is 3.09. The van der Waals surface area contributed by atoms with Gasteiger partial charge >= 0.3 is 5.97 Å². The SMILES string of the molecule is COc1cccc(C(=O)C(=O)O)c1OC1CCOCC1. The topological polar surface area (TPSA) is 82.1 Å². The molecule has 0 unspecified atom stereocenters. The highest BCUT2D eigenvalue weighted by molar-refractivity contribution is 6.40. The maximum Gasteiger partial charge on any atom is 0.377 e. The molecule has 0 saturated carbocycles. The fraction of sp³-hybridized carbons (Fsp3) is 0.429. The summed E-state index contributed by atoms with van der Waals surface area (Å²) >= 11 is 0. The third-order valence-electron chi connectivity index (χ3n) is 3.09. The molecule has 0 aromatic heterocycles. The number of benzene rings is 1. The molecule has 1 fully saturated rings. The van der Waals surface area contributed by atoms with E-state index in [1.807, 2.05) is 0 Å². The van der Waals surface area contributed by atoms with E-state index in [1.165, 1.54) is 13.2 Å². The third kappa shape index (κ3) is 3.08. The molecule has 2 rings (SSSR count). The van der Waals surface area contributed by atoms with Gasteiger partial charge < -0.3 is 19.3 Å². The summed E-state index contributed by atoms with van der Waals surface area (Å²) in [5.74, 6) is -1.99. The molecule has 20 heavy (non-hydrogen) atoms. The number of hydrogen-bond acceptors (Lipinski definition) is 5. The van der Waals surface area contributed by atoms with Gasteiger partial charge in [0.25, 0.3) is 5.78 Å². The van der Waals surface area contributed by atoms with Crippen molar-refractivity contribution < 1.29 is 28.9 Å². The van der Waals surface area contributed by atoms with Crippen molar-refractivity contribution in [3.8, 4) is 11.5 Å². The first kappa shape index (κ1) is 14.3. The Balaban J connectivity index is 2.32. The summed E-state index contributed by atoms with van der Waals surface area (Å²) in [6, 6.07) is 4.62. The lowest BCUT2D eigenvalue weighted by molar-refractivity contribution is -0.131. The van der Waals surface area contributed by atoms with E-state index in [-0.39, 0.29) is 17.4 Å². The second-order valence-electron chi connectivity index (χ2n) is 4.40. The molecule has 6 heteroatoms. The number of ketones is 1. The van der Waals surface area contributed by atoms with Gasteiger partial charge in [-0.3, -0.25) is 4.79 Å². The number of aliphatic carboxylic acids is 1. The van der Waals surface area contributed by atoms with Crippen LogP contribution in [-0.2, 0) is 9.53 Å². The standard InChI is InChI=1S/C14H16O6/c1-18-11-4-2-3-10(12(15)14(16)17)13(11)20-9-5-7-19-8-6-9/h2-4,9H,5-8H2,1H3,(H,16,17). The van der Waals surface area contributed by atoms with Crippen molar-refractivity contribution in [2.45, 2.75) is 18.9 Å². The zero-order valence-corrected chi connectivity index (χ0v) is 11.1. The Morgan fingerprint density at radius 1 is 1.30 bits per heavy atom. The molecular weight excluding hydrogens is 264 g/mol. The summed E-state index contributed by atoms with van der Waals surface area (Å²) in [5.41, 5.74) is 0.00309. The van der Waals surface area contributed by atoms with Gasteiger partial charge in [0.1, 0.15) is 6.10 Å². The normalized spacial score (nSPS) is 15.7. The first-order valence-electron chi connectivity index (χ1n) is 6.32. The lowest BCUT2D eigenvalue weighted by Gasteiger charge is -2.25. The predicted molar refractivity (Wildman–Crippen MR) is 69.4 cm³/mol. The summed E-state index contributed by atoms with van der Waals surface area (Å²) in [5, 5.41) is 8.86. The maximum absolute atomic E-state index is 11.7. The van der Waals surface area contributed by atoms with Gasteiger partial charge in [0.05, 0.1) is 25.9 Å². The van der Waals surface area contributed by atoms with Crippen LogP contribution in [0, 0.1) is 0 Å². The summed E-state index contributed by atoms with van der Waals surface area (Å²) in [6.45, 7) is 1.17. The van der Waals surface area contributed by atoms with Gasteiger partial charge in [0.2, 0.25) is 0 Å². The largest absolute Gasteiger partial charge is 0.493 e. The Kier molecular flexibility index (Phi) is 4.57. The van der Waals surface area contributed by atoms with Crippen LogP contribution in [0.4, 0.5) is 0 Å². The molecule has 0 radical (unpaired) electrons. The van der Waals surface area contributed by atoms with Gasteiger partial charge in [-0.2, -0.15) is 0 Å².